The second-order valence-electron chi connectivity index (χ2n) is 7.45. The molecule has 0 unspecified atom stereocenters. The van der Waals surface area contributed by atoms with Gasteiger partial charge in [-0.15, -0.1) is 0 Å². The van der Waals surface area contributed by atoms with Gasteiger partial charge in [0.25, 0.3) is 5.91 Å². The first-order valence-electron chi connectivity index (χ1n) is 10.4. The van der Waals surface area contributed by atoms with Gasteiger partial charge < -0.3 is 10.1 Å². The van der Waals surface area contributed by atoms with Crippen LogP contribution in [0, 0.1) is 0 Å². The van der Waals surface area contributed by atoms with E-state index in [0.717, 1.165) is 19.3 Å². The summed E-state index contributed by atoms with van der Waals surface area (Å²) in [5, 5.41) is 2.51. The van der Waals surface area contributed by atoms with Gasteiger partial charge in [-0.25, -0.2) is 16.8 Å². The zero-order valence-electron chi connectivity index (χ0n) is 18.1. The highest BCUT2D eigenvalue weighted by atomic mass is 35.5. The summed E-state index contributed by atoms with van der Waals surface area (Å²) < 4.78 is 58.2. The van der Waals surface area contributed by atoms with Crippen LogP contribution < -0.4 is 10.0 Å². The van der Waals surface area contributed by atoms with Crippen LogP contribution in [-0.2, 0) is 34.4 Å². The average molecular weight is 530 g/mol. The monoisotopic (exact) mass is 529 g/mol. The third-order valence-corrected chi connectivity index (χ3v) is 8.63. The number of nitrogens with one attached hydrogen (secondary N) is 2. The number of sulfonamides is 2. The molecule has 1 heterocycles. The van der Waals surface area contributed by atoms with Gasteiger partial charge in [-0.3, -0.25) is 9.59 Å². The Bertz CT molecular complexity index is 1250. The summed E-state index contributed by atoms with van der Waals surface area (Å²) in [6.07, 6.45) is 2.53. The summed E-state index contributed by atoms with van der Waals surface area (Å²) >= 11 is 6.09. The van der Waals surface area contributed by atoms with E-state index < -0.39 is 45.1 Å². The van der Waals surface area contributed by atoms with E-state index in [2.05, 4.69) is 10.0 Å². The molecule has 1 saturated heterocycles. The molecule has 3 rings (SSSR count). The Balaban J connectivity index is 1.55. The fraction of sp³-hybridized carbons (Fsp3) is 0.333. The number of hydrogen-bond acceptors (Lipinski definition) is 7. The second-order valence-corrected chi connectivity index (χ2v) is 11.6. The van der Waals surface area contributed by atoms with E-state index in [-0.39, 0.29) is 20.5 Å². The van der Waals surface area contributed by atoms with Crippen molar-refractivity contribution < 1.29 is 31.2 Å². The number of piperidine rings is 1. The molecule has 34 heavy (non-hydrogen) atoms. The molecule has 13 heteroatoms. The van der Waals surface area contributed by atoms with Crippen LogP contribution in [0.5, 0.6) is 0 Å². The maximum Gasteiger partial charge on any atom is 0.321 e. The second kappa shape index (κ2) is 11.3. The van der Waals surface area contributed by atoms with Gasteiger partial charge in [-0.1, -0.05) is 36.2 Å². The fourth-order valence-corrected chi connectivity index (χ4v) is 5.93. The Morgan fingerprint density at radius 3 is 2.29 bits per heavy atom. The molecular weight excluding hydrogens is 506 g/mol. The lowest BCUT2D eigenvalue weighted by Crippen LogP contribution is -2.35. The molecule has 1 amide bonds. The number of hydrogen-bond donors (Lipinski definition) is 2. The summed E-state index contributed by atoms with van der Waals surface area (Å²) in [5.74, 6) is -1.74. The number of anilines is 1. The van der Waals surface area contributed by atoms with Crippen LogP contribution in [0.25, 0.3) is 0 Å². The zero-order valence-corrected chi connectivity index (χ0v) is 20.5. The highest BCUT2D eigenvalue weighted by molar-refractivity contribution is 7.89. The smallest absolute Gasteiger partial charge is 0.321 e. The molecule has 0 aliphatic carbocycles. The zero-order chi connectivity index (χ0) is 24.8. The van der Waals surface area contributed by atoms with E-state index in [1.54, 1.807) is 6.07 Å². The molecule has 2 aromatic carbocycles. The number of carbonyl (C=O) groups excluding carboxylic acids is 2. The fourth-order valence-electron chi connectivity index (χ4n) is 3.24. The van der Waals surface area contributed by atoms with E-state index in [4.69, 9.17) is 16.3 Å². The molecule has 1 aliphatic heterocycles. The number of benzene rings is 2. The van der Waals surface area contributed by atoms with Gasteiger partial charge in [0, 0.05) is 13.1 Å². The van der Waals surface area contributed by atoms with Gasteiger partial charge in [-0.2, -0.15) is 9.03 Å². The van der Waals surface area contributed by atoms with Crippen LogP contribution in [0.4, 0.5) is 5.69 Å². The van der Waals surface area contributed by atoms with Crippen molar-refractivity contribution in [1.29, 1.82) is 0 Å². The molecule has 0 saturated carbocycles. The van der Waals surface area contributed by atoms with Crippen molar-refractivity contribution in [2.45, 2.75) is 29.1 Å². The number of carbonyl (C=O) groups is 2. The standard InChI is InChI=1S/C21H24ClN3O7S2/c22-18-10-9-17(34(30,31)25-11-5-2-6-12-25)13-19(18)24-20(26)15-32-21(27)14-23-33(28,29)16-7-3-1-4-8-16/h1,3-4,7-10,13,23H,2,5-6,11-12,14-15H2,(H,24,26). The largest absolute Gasteiger partial charge is 0.455 e. The van der Waals surface area contributed by atoms with Crippen molar-refractivity contribution in [3.8, 4) is 0 Å². The summed E-state index contributed by atoms with van der Waals surface area (Å²) in [7, 11) is -7.64. The summed E-state index contributed by atoms with van der Waals surface area (Å²) in [4.78, 5) is 24.0. The summed E-state index contributed by atoms with van der Waals surface area (Å²) in [6.45, 7) is -0.534. The summed E-state index contributed by atoms with van der Waals surface area (Å²) in [5.41, 5.74) is 0.0468. The third kappa shape index (κ3) is 6.76. The maximum atomic E-state index is 12.9. The van der Waals surface area contributed by atoms with E-state index in [9.17, 15) is 26.4 Å². The number of esters is 1. The molecular formula is C21H24ClN3O7S2. The molecule has 0 radical (unpaired) electrons. The van der Waals surface area contributed by atoms with Crippen molar-refractivity contribution in [2.75, 3.05) is 31.6 Å². The minimum absolute atomic E-state index is 0.0126. The molecule has 1 fully saturated rings. The maximum absolute atomic E-state index is 12.9. The first-order chi connectivity index (χ1) is 16.1. The van der Waals surface area contributed by atoms with Crippen molar-refractivity contribution in [2.24, 2.45) is 0 Å². The van der Waals surface area contributed by atoms with E-state index in [1.807, 2.05) is 0 Å². The molecule has 0 spiro atoms. The van der Waals surface area contributed by atoms with Gasteiger partial charge in [0.15, 0.2) is 6.61 Å². The number of halogens is 1. The van der Waals surface area contributed by atoms with E-state index in [0.29, 0.717) is 13.1 Å². The summed E-state index contributed by atoms with van der Waals surface area (Å²) in [6, 6.07) is 11.4. The van der Waals surface area contributed by atoms with Crippen LogP contribution in [0.2, 0.25) is 5.02 Å². The number of rotatable bonds is 9. The van der Waals surface area contributed by atoms with Crippen LogP contribution in [0.15, 0.2) is 58.3 Å². The Morgan fingerprint density at radius 2 is 1.62 bits per heavy atom. The molecule has 184 valence electrons. The van der Waals surface area contributed by atoms with Gasteiger partial charge in [0.1, 0.15) is 6.54 Å². The normalized spacial score (nSPS) is 15.0. The molecule has 2 N–H and O–H groups in total. The Morgan fingerprint density at radius 1 is 0.941 bits per heavy atom. The molecule has 0 bridgehead atoms. The number of nitrogens with zero attached hydrogens (tertiary/aromatic N) is 1. The third-order valence-electron chi connectivity index (χ3n) is 4.99. The van der Waals surface area contributed by atoms with Crippen molar-refractivity contribution in [3.63, 3.8) is 0 Å². The predicted octanol–water partition coefficient (Wildman–Crippen LogP) is 1.97. The molecule has 0 atom stereocenters. The quantitative estimate of drug-likeness (QED) is 0.473. The van der Waals surface area contributed by atoms with Crippen LogP contribution >= 0.6 is 11.6 Å². The highest BCUT2D eigenvalue weighted by Crippen LogP contribution is 2.28. The predicted molar refractivity (Wildman–Crippen MR) is 125 cm³/mol. The average Bonchev–Trinajstić information content (AvgIpc) is 2.84. The highest BCUT2D eigenvalue weighted by Gasteiger charge is 2.26. The van der Waals surface area contributed by atoms with Crippen molar-refractivity contribution >= 4 is 49.2 Å². The minimum atomic E-state index is -3.91. The Kier molecular flexibility index (Phi) is 8.66. The van der Waals surface area contributed by atoms with Crippen LogP contribution in [0.1, 0.15) is 19.3 Å². The molecule has 1 aliphatic rings. The molecule has 2 aromatic rings. The molecule has 0 aromatic heterocycles. The minimum Gasteiger partial charge on any atom is -0.455 e. The topological polar surface area (TPSA) is 139 Å². The number of ether oxygens (including phenoxy) is 1. The lowest BCUT2D eigenvalue weighted by Gasteiger charge is -2.26. The molecule has 10 nitrogen and oxygen atoms in total. The first kappa shape index (κ1) is 26.1. The first-order valence-corrected chi connectivity index (χ1v) is 13.7. The SMILES string of the molecule is O=C(COC(=O)CNS(=O)(=O)c1ccccc1)Nc1cc(S(=O)(=O)N2CCCCC2)ccc1Cl. The Hall–Kier alpha value is -2.51. The van der Waals surface area contributed by atoms with Crippen molar-refractivity contribution in [3.05, 3.63) is 53.6 Å². The van der Waals surface area contributed by atoms with Crippen LogP contribution in [-0.4, -0.2) is 59.3 Å². The lowest BCUT2D eigenvalue weighted by molar-refractivity contribution is -0.146. The lowest BCUT2D eigenvalue weighted by atomic mass is 10.2. The van der Waals surface area contributed by atoms with Gasteiger partial charge in [0.2, 0.25) is 20.0 Å². The van der Waals surface area contributed by atoms with E-state index in [1.165, 1.54) is 46.8 Å². The Labute approximate surface area is 203 Å². The van der Waals surface area contributed by atoms with E-state index >= 15 is 0 Å². The van der Waals surface area contributed by atoms with Gasteiger partial charge in [0.05, 0.1) is 20.5 Å². The van der Waals surface area contributed by atoms with Crippen LogP contribution in [0.3, 0.4) is 0 Å². The van der Waals surface area contributed by atoms with Gasteiger partial charge in [-0.05, 0) is 43.2 Å². The number of amides is 1. The van der Waals surface area contributed by atoms with Gasteiger partial charge >= 0.3 is 5.97 Å². The van der Waals surface area contributed by atoms with Crippen molar-refractivity contribution in [1.82, 2.24) is 9.03 Å².